The van der Waals surface area contributed by atoms with Gasteiger partial charge in [0, 0.05) is 31.8 Å². The average molecular weight is 264 g/mol. The molecule has 19 heavy (non-hydrogen) atoms. The fourth-order valence-corrected chi connectivity index (χ4v) is 2.13. The van der Waals surface area contributed by atoms with Crippen LogP contribution >= 0.6 is 0 Å². The number of ether oxygens (including phenoxy) is 2. The summed E-state index contributed by atoms with van der Waals surface area (Å²) in [6.45, 7) is 4.45. The summed E-state index contributed by atoms with van der Waals surface area (Å²) in [5.74, 6) is 0.744. The minimum absolute atomic E-state index is 0.00225. The molecule has 5 heteroatoms. The van der Waals surface area contributed by atoms with Gasteiger partial charge in [0.1, 0.15) is 5.75 Å². The molecule has 0 bridgehead atoms. The standard InChI is InChI=1S/C14H20N2O3/c1-11(17)16(10-14-9-15-6-7-19-14)12-4-3-5-13(8-12)18-2/h3-5,8,14-15H,6-7,9-10H2,1-2H3. The number of methoxy groups -OCH3 is 1. The maximum atomic E-state index is 11.8. The summed E-state index contributed by atoms with van der Waals surface area (Å²) in [4.78, 5) is 13.5. The van der Waals surface area contributed by atoms with Gasteiger partial charge in [-0.25, -0.2) is 0 Å². The molecule has 1 amide bonds. The van der Waals surface area contributed by atoms with Crippen molar-refractivity contribution in [3.05, 3.63) is 24.3 Å². The molecular formula is C14H20N2O3. The van der Waals surface area contributed by atoms with Crippen LogP contribution < -0.4 is 15.0 Å². The van der Waals surface area contributed by atoms with Crippen molar-refractivity contribution in [1.29, 1.82) is 0 Å². The zero-order valence-corrected chi connectivity index (χ0v) is 11.4. The van der Waals surface area contributed by atoms with Gasteiger partial charge in [0.25, 0.3) is 0 Å². The highest BCUT2D eigenvalue weighted by Crippen LogP contribution is 2.21. The lowest BCUT2D eigenvalue weighted by Gasteiger charge is -2.30. The molecule has 1 N–H and O–H groups in total. The van der Waals surface area contributed by atoms with Gasteiger partial charge in [0.15, 0.2) is 0 Å². The number of hydrogen-bond donors (Lipinski definition) is 1. The summed E-state index contributed by atoms with van der Waals surface area (Å²) >= 11 is 0. The number of rotatable bonds is 4. The van der Waals surface area contributed by atoms with E-state index >= 15 is 0 Å². The zero-order valence-electron chi connectivity index (χ0n) is 11.4. The van der Waals surface area contributed by atoms with Crippen LogP contribution in [-0.4, -0.2) is 45.4 Å². The van der Waals surface area contributed by atoms with Crippen molar-refractivity contribution < 1.29 is 14.3 Å². The first-order valence-corrected chi connectivity index (χ1v) is 6.45. The molecule has 1 aliphatic heterocycles. The number of hydrogen-bond acceptors (Lipinski definition) is 4. The molecule has 0 aromatic heterocycles. The highest BCUT2D eigenvalue weighted by Gasteiger charge is 2.20. The van der Waals surface area contributed by atoms with Gasteiger partial charge in [-0.15, -0.1) is 0 Å². The van der Waals surface area contributed by atoms with Crippen molar-refractivity contribution >= 4 is 11.6 Å². The first-order chi connectivity index (χ1) is 9.20. The monoisotopic (exact) mass is 264 g/mol. The van der Waals surface area contributed by atoms with Crippen molar-refractivity contribution in [2.24, 2.45) is 0 Å². The third kappa shape index (κ3) is 3.68. The van der Waals surface area contributed by atoms with Gasteiger partial charge >= 0.3 is 0 Å². The van der Waals surface area contributed by atoms with E-state index < -0.39 is 0 Å². The van der Waals surface area contributed by atoms with E-state index in [1.54, 1.807) is 18.9 Å². The van der Waals surface area contributed by atoms with E-state index in [1.165, 1.54) is 0 Å². The van der Waals surface area contributed by atoms with Crippen LogP contribution in [0.15, 0.2) is 24.3 Å². The minimum Gasteiger partial charge on any atom is -0.497 e. The van der Waals surface area contributed by atoms with Crippen molar-refractivity contribution in [2.75, 3.05) is 38.3 Å². The summed E-state index contributed by atoms with van der Waals surface area (Å²) in [5.41, 5.74) is 0.834. The SMILES string of the molecule is COc1cccc(N(CC2CNCCO2)C(C)=O)c1. The summed E-state index contributed by atoms with van der Waals surface area (Å²) in [6.07, 6.45) is 0.0313. The van der Waals surface area contributed by atoms with Gasteiger partial charge < -0.3 is 19.7 Å². The van der Waals surface area contributed by atoms with Crippen LogP contribution in [0.3, 0.4) is 0 Å². The molecule has 5 nitrogen and oxygen atoms in total. The fourth-order valence-electron chi connectivity index (χ4n) is 2.13. The Balaban J connectivity index is 2.11. The molecule has 1 atom stereocenters. The molecule has 1 aliphatic rings. The topological polar surface area (TPSA) is 50.8 Å². The normalized spacial score (nSPS) is 18.9. The number of morpholine rings is 1. The van der Waals surface area contributed by atoms with E-state index in [4.69, 9.17) is 9.47 Å². The van der Waals surface area contributed by atoms with Gasteiger partial charge in [-0.1, -0.05) is 6.07 Å². The summed E-state index contributed by atoms with van der Waals surface area (Å²) in [5, 5.41) is 3.27. The smallest absolute Gasteiger partial charge is 0.223 e. The Bertz CT molecular complexity index is 430. The fraction of sp³-hybridized carbons (Fsp3) is 0.500. The molecule has 0 radical (unpaired) electrons. The van der Waals surface area contributed by atoms with Gasteiger partial charge in [0.2, 0.25) is 5.91 Å². The Kier molecular flexibility index (Phi) is 4.76. The summed E-state index contributed by atoms with van der Waals surface area (Å²) < 4.78 is 10.8. The molecule has 1 unspecified atom stereocenters. The summed E-state index contributed by atoms with van der Waals surface area (Å²) in [7, 11) is 1.62. The van der Waals surface area contributed by atoms with E-state index in [1.807, 2.05) is 24.3 Å². The number of benzene rings is 1. The van der Waals surface area contributed by atoms with Crippen LogP contribution in [-0.2, 0) is 9.53 Å². The minimum atomic E-state index is 0.00225. The van der Waals surface area contributed by atoms with Gasteiger partial charge in [-0.3, -0.25) is 4.79 Å². The molecule has 2 rings (SSSR count). The molecule has 0 saturated carbocycles. The molecule has 0 aliphatic carbocycles. The maximum absolute atomic E-state index is 11.8. The number of carbonyl (C=O) groups is 1. The van der Waals surface area contributed by atoms with E-state index in [2.05, 4.69) is 5.32 Å². The van der Waals surface area contributed by atoms with Crippen molar-refractivity contribution in [2.45, 2.75) is 13.0 Å². The Hall–Kier alpha value is -1.59. The largest absolute Gasteiger partial charge is 0.497 e. The molecule has 1 fully saturated rings. The zero-order chi connectivity index (χ0) is 13.7. The highest BCUT2D eigenvalue weighted by molar-refractivity contribution is 5.91. The van der Waals surface area contributed by atoms with E-state index in [0.29, 0.717) is 13.2 Å². The Morgan fingerprint density at radius 2 is 2.42 bits per heavy atom. The van der Waals surface area contributed by atoms with Crippen molar-refractivity contribution in [1.82, 2.24) is 5.32 Å². The second-order valence-corrected chi connectivity index (χ2v) is 4.53. The molecule has 104 valence electrons. The average Bonchev–Trinajstić information content (AvgIpc) is 2.45. The van der Waals surface area contributed by atoms with Gasteiger partial charge in [-0.05, 0) is 12.1 Å². The van der Waals surface area contributed by atoms with Crippen LogP contribution in [0, 0.1) is 0 Å². The van der Waals surface area contributed by atoms with E-state index in [0.717, 1.165) is 24.5 Å². The van der Waals surface area contributed by atoms with Crippen molar-refractivity contribution in [3.63, 3.8) is 0 Å². The first-order valence-electron chi connectivity index (χ1n) is 6.45. The molecular weight excluding hydrogens is 244 g/mol. The second kappa shape index (κ2) is 6.54. The lowest BCUT2D eigenvalue weighted by molar-refractivity contribution is -0.117. The molecule has 0 spiro atoms. The third-order valence-electron chi connectivity index (χ3n) is 3.14. The lowest BCUT2D eigenvalue weighted by atomic mass is 10.2. The number of amides is 1. The number of nitrogens with zero attached hydrogens (tertiary/aromatic N) is 1. The van der Waals surface area contributed by atoms with Crippen LogP contribution in [0.25, 0.3) is 0 Å². The predicted molar refractivity (Wildman–Crippen MR) is 73.6 cm³/mol. The second-order valence-electron chi connectivity index (χ2n) is 4.53. The summed E-state index contributed by atoms with van der Waals surface area (Å²) in [6, 6.07) is 7.50. The van der Waals surface area contributed by atoms with Crippen LogP contribution in [0.1, 0.15) is 6.92 Å². The number of nitrogens with one attached hydrogen (secondary N) is 1. The van der Waals surface area contributed by atoms with Crippen LogP contribution in [0.4, 0.5) is 5.69 Å². The Morgan fingerprint density at radius 3 is 3.05 bits per heavy atom. The van der Waals surface area contributed by atoms with Crippen LogP contribution in [0.5, 0.6) is 5.75 Å². The van der Waals surface area contributed by atoms with Crippen LogP contribution in [0.2, 0.25) is 0 Å². The first kappa shape index (κ1) is 13.8. The molecule has 1 heterocycles. The molecule has 1 saturated heterocycles. The van der Waals surface area contributed by atoms with Crippen molar-refractivity contribution in [3.8, 4) is 5.75 Å². The van der Waals surface area contributed by atoms with E-state index in [-0.39, 0.29) is 12.0 Å². The lowest BCUT2D eigenvalue weighted by Crippen LogP contribution is -2.46. The van der Waals surface area contributed by atoms with E-state index in [9.17, 15) is 4.79 Å². The maximum Gasteiger partial charge on any atom is 0.223 e. The Labute approximate surface area is 113 Å². The molecule has 1 aromatic rings. The predicted octanol–water partition coefficient (Wildman–Crippen LogP) is 1.04. The quantitative estimate of drug-likeness (QED) is 0.882. The van der Waals surface area contributed by atoms with Gasteiger partial charge in [-0.2, -0.15) is 0 Å². The Morgan fingerprint density at radius 1 is 1.58 bits per heavy atom. The molecule has 1 aromatic carbocycles. The van der Waals surface area contributed by atoms with Gasteiger partial charge in [0.05, 0.1) is 26.4 Å². The highest BCUT2D eigenvalue weighted by atomic mass is 16.5. The number of anilines is 1. The number of carbonyl (C=O) groups excluding carboxylic acids is 1. The third-order valence-corrected chi connectivity index (χ3v) is 3.14.